The van der Waals surface area contributed by atoms with E-state index in [1.807, 2.05) is 20.8 Å². The van der Waals surface area contributed by atoms with Crippen molar-refractivity contribution in [2.24, 2.45) is 5.16 Å². The predicted octanol–water partition coefficient (Wildman–Crippen LogP) is 2.17. The van der Waals surface area contributed by atoms with Gasteiger partial charge in [0.2, 0.25) is 0 Å². The highest BCUT2D eigenvalue weighted by Gasteiger charge is 1.94. The van der Waals surface area contributed by atoms with Crippen LogP contribution in [0.5, 0.6) is 0 Å². The smallest absolute Gasteiger partial charge is 0.129 e. The SMILES string of the molecule is CCC(COC=C(C)C)=NO. The highest BCUT2D eigenvalue weighted by molar-refractivity contribution is 5.84. The Hall–Kier alpha value is -0.990. The number of hydrogen-bond donors (Lipinski definition) is 1. The van der Waals surface area contributed by atoms with E-state index in [1.54, 1.807) is 6.26 Å². The maximum absolute atomic E-state index is 8.38. The zero-order chi connectivity index (χ0) is 8.69. The molecule has 0 spiro atoms. The quantitative estimate of drug-likeness (QED) is 0.294. The summed E-state index contributed by atoms with van der Waals surface area (Å²) in [5, 5.41) is 11.4. The minimum absolute atomic E-state index is 0.373. The van der Waals surface area contributed by atoms with Gasteiger partial charge in [-0.1, -0.05) is 12.1 Å². The van der Waals surface area contributed by atoms with Gasteiger partial charge in [-0.25, -0.2) is 0 Å². The molecule has 0 amide bonds. The van der Waals surface area contributed by atoms with Gasteiger partial charge in [0.25, 0.3) is 0 Å². The third-order valence-electron chi connectivity index (χ3n) is 1.12. The lowest BCUT2D eigenvalue weighted by Gasteiger charge is -2.00. The number of nitrogens with zero attached hydrogens (tertiary/aromatic N) is 1. The van der Waals surface area contributed by atoms with Gasteiger partial charge in [-0.3, -0.25) is 0 Å². The molecule has 3 nitrogen and oxygen atoms in total. The minimum atomic E-state index is 0.373. The molecular formula is C8H15NO2. The van der Waals surface area contributed by atoms with E-state index in [4.69, 9.17) is 9.94 Å². The Kier molecular flexibility index (Phi) is 5.25. The Morgan fingerprint density at radius 2 is 2.18 bits per heavy atom. The molecule has 3 heteroatoms. The summed E-state index contributed by atoms with van der Waals surface area (Å²) < 4.78 is 5.09. The van der Waals surface area contributed by atoms with Gasteiger partial charge in [0.15, 0.2) is 0 Å². The maximum atomic E-state index is 8.38. The van der Waals surface area contributed by atoms with Crippen molar-refractivity contribution in [2.45, 2.75) is 27.2 Å². The molecule has 64 valence electrons. The highest BCUT2D eigenvalue weighted by Crippen LogP contribution is 1.92. The molecule has 0 saturated heterocycles. The molecule has 1 N–H and O–H groups in total. The van der Waals surface area contributed by atoms with E-state index in [-0.39, 0.29) is 0 Å². The summed E-state index contributed by atoms with van der Waals surface area (Å²) in [6.45, 7) is 6.18. The molecule has 0 aromatic rings. The second-order valence-corrected chi connectivity index (χ2v) is 2.53. The molecule has 0 saturated carbocycles. The fourth-order valence-corrected chi connectivity index (χ4v) is 0.506. The molecule has 0 atom stereocenters. The van der Waals surface area contributed by atoms with Crippen LogP contribution in [0.1, 0.15) is 27.2 Å². The molecular weight excluding hydrogens is 142 g/mol. The molecule has 0 rings (SSSR count). The van der Waals surface area contributed by atoms with Crippen molar-refractivity contribution in [3.05, 3.63) is 11.8 Å². The molecule has 0 aromatic heterocycles. The summed E-state index contributed by atoms with van der Waals surface area (Å²) in [7, 11) is 0. The van der Waals surface area contributed by atoms with Crippen LogP contribution in [-0.2, 0) is 4.74 Å². The number of oxime groups is 1. The first-order valence-electron chi connectivity index (χ1n) is 3.65. The first-order valence-corrected chi connectivity index (χ1v) is 3.65. The average molecular weight is 157 g/mol. The van der Waals surface area contributed by atoms with Gasteiger partial charge < -0.3 is 9.94 Å². The molecule has 0 fully saturated rings. The van der Waals surface area contributed by atoms with Crippen molar-refractivity contribution in [3.8, 4) is 0 Å². The fourth-order valence-electron chi connectivity index (χ4n) is 0.506. The van der Waals surface area contributed by atoms with Gasteiger partial charge in [-0.05, 0) is 25.8 Å². The van der Waals surface area contributed by atoms with Crippen LogP contribution < -0.4 is 0 Å². The lowest BCUT2D eigenvalue weighted by molar-refractivity contribution is 0.277. The van der Waals surface area contributed by atoms with Crippen molar-refractivity contribution in [2.75, 3.05) is 6.61 Å². The third kappa shape index (κ3) is 5.45. The Morgan fingerprint density at radius 1 is 1.55 bits per heavy atom. The molecule has 0 radical (unpaired) electrons. The van der Waals surface area contributed by atoms with E-state index in [9.17, 15) is 0 Å². The van der Waals surface area contributed by atoms with E-state index in [0.29, 0.717) is 18.7 Å². The van der Waals surface area contributed by atoms with Crippen LogP contribution in [0.15, 0.2) is 17.0 Å². The molecule has 0 unspecified atom stereocenters. The van der Waals surface area contributed by atoms with Gasteiger partial charge >= 0.3 is 0 Å². The van der Waals surface area contributed by atoms with E-state index < -0.39 is 0 Å². The highest BCUT2D eigenvalue weighted by atomic mass is 16.5. The second kappa shape index (κ2) is 5.77. The largest absolute Gasteiger partial charge is 0.495 e. The van der Waals surface area contributed by atoms with Gasteiger partial charge in [-0.2, -0.15) is 0 Å². The molecule has 11 heavy (non-hydrogen) atoms. The number of ether oxygens (including phenoxy) is 1. The lowest BCUT2D eigenvalue weighted by atomic mass is 10.3. The molecule has 0 heterocycles. The van der Waals surface area contributed by atoms with Crippen LogP contribution in [0.3, 0.4) is 0 Å². The van der Waals surface area contributed by atoms with E-state index in [1.165, 1.54) is 0 Å². The number of hydrogen-bond acceptors (Lipinski definition) is 3. The summed E-state index contributed by atoms with van der Waals surface area (Å²) in [6, 6.07) is 0. The average Bonchev–Trinajstić information content (AvgIpc) is 1.98. The topological polar surface area (TPSA) is 41.8 Å². The molecule has 0 aliphatic heterocycles. The summed E-state index contributed by atoms with van der Waals surface area (Å²) in [4.78, 5) is 0. The van der Waals surface area contributed by atoms with Crippen molar-refractivity contribution >= 4 is 5.71 Å². The Balaban J connectivity index is 3.61. The van der Waals surface area contributed by atoms with Gasteiger partial charge in [0.1, 0.15) is 6.61 Å². The van der Waals surface area contributed by atoms with Crippen LogP contribution in [0.2, 0.25) is 0 Å². The Labute approximate surface area is 67.4 Å². The van der Waals surface area contributed by atoms with Crippen molar-refractivity contribution in [1.82, 2.24) is 0 Å². The van der Waals surface area contributed by atoms with Crippen LogP contribution in [0.4, 0.5) is 0 Å². The van der Waals surface area contributed by atoms with Gasteiger partial charge in [0, 0.05) is 0 Å². The van der Waals surface area contributed by atoms with Crippen LogP contribution in [0, 0.1) is 0 Å². The predicted molar refractivity (Wildman–Crippen MR) is 44.9 cm³/mol. The monoisotopic (exact) mass is 157 g/mol. The number of rotatable bonds is 4. The van der Waals surface area contributed by atoms with Crippen LogP contribution in [-0.4, -0.2) is 17.5 Å². The first-order chi connectivity index (χ1) is 5.20. The Morgan fingerprint density at radius 3 is 2.55 bits per heavy atom. The van der Waals surface area contributed by atoms with E-state index >= 15 is 0 Å². The summed E-state index contributed by atoms with van der Waals surface area (Å²) in [6.07, 6.45) is 2.37. The van der Waals surface area contributed by atoms with Crippen LogP contribution >= 0.6 is 0 Å². The second-order valence-electron chi connectivity index (χ2n) is 2.53. The first kappa shape index (κ1) is 10.0. The fraction of sp³-hybridized carbons (Fsp3) is 0.625. The normalized spacial score (nSPS) is 11.0. The number of allylic oxidation sites excluding steroid dienone is 1. The van der Waals surface area contributed by atoms with E-state index in [2.05, 4.69) is 5.16 Å². The molecule has 0 aromatic carbocycles. The van der Waals surface area contributed by atoms with E-state index in [0.717, 1.165) is 5.57 Å². The van der Waals surface area contributed by atoms with Gasteiger partial charge in [-0.15, -0.1) is 0 Å². The zero-order valence-electron chi connectivity index (χ0n) is 7.29. The van der Waals surface area contributed by atoms with Crippen molar-refractivity contribution in [3.63, 3.8) is 0 Å². The molecule has 0 aliphatic carbocycles. The summed E-state index contributed by atoms with van der Waals surface area (Å²) >= 11 is 0. The van der Waals surface area contributed by atoms with Crippen molar-refractivity contribution < 1.29 is 9.94 Å². The standard InChI is InChI=1S/C8H15NO2/c1-4-8(9-10)6-11-5-7(2)3/h5,10H,4,6H2,1-3H3. The minimum Gasteiger partial charge on any atom is -0.495 e. The van der Waals surface area contributed by atoms with Gasteiger partial charge in [0.05, 0.1) is 12.0 Å². The Bertz CT molecular complexity index is 157. The van der Waals surface area contributed by atoms with Crippen molar-refractivity contribution in [1.29, 1.82) is 0 Å². The zero-order valence-corrected chi connectivity index (χ0v) is 7.29. The third-order valence-corrected chi connectivity index (χ3v) is 1.12. The van der Waals surface area contributed by atoms with Crippen LogP contribution in [0.25, 0.3) is 0 Å². The summed E-state index contributed by atoms with van der Waals surface area (Å²) in [5.41, 5.74) is 1.75. The molecule has 0 bridgehead atoms. The lowest BCUT2D eigenvalue weighted by Crippen LogP contribution is -2.04. The maximum Gasteiger partial charge on any atom is 0.129 e. The summed E-state index contributed by atoms with van der Waals surface area (Å²) in [5.74, 6) is 0. The molecule has 0 aliphatic rings.